The van der Waals surface area contributed by atoms with Crippen molar-refractivity contribution in [2.24, 2.45) is 0 Å². The summed E-state index contributed by atoms with van der Waals surface area (Å²) in [6, 6.07) is 9.11. The van der Waals surface area contributed by atoms with Crippen LogP contribution in [0.1, 0.15) is 28.3 Å². The fourth-order valence-electron chi connectivity index (χ4n) is 2.33. The van der Waals surface area contributed by atoms with Gasteiger partial charge in [-0.3, -0.25) is 0 Å². The van der Waals surface area contributed by atoms with Gasteiger partial charge in [0, 0.05) is 8.95 Å². The second-order valence-electron chi connectivity index (χ2n) is 4.85. The highest BCUT2D eigenvalue weighted by Gasteiger charge is 2.18. The molecule has 1 N–H and O–H groups in total. The summed E-state index contributed by atoms with van der Waals surface area (Å²) in [5.74, 6) is -0.237. The van der Waals surface area contributed by atoms with E-state index in [1.54, 1.807) is 0 Å². The molecule has 0 heterocycles. The molecule has 0 aliphatic heterocycles. The zero-order valence-corrected chi connectivity index (χ0v) is 14.8. The first-order chi connectivity index (χ1) is 9.43. The van der Waals surface area contributed by atoms with Gasteiger partial charge < -0.3 is 5.32 Å². The van der Waals surface area contributed by atoms with Crippen molar-refractivity contribution >= 4 is 31.9 Å². The molecule has 20 heavy (non-hydrogen) atoms. The maximum Gasteiger partial charge on any atom is 0.124 e. The van der Waals surface area contributed by atoms with Crippen molar-refractivity contribution in [2.45, 2.75) is 19.9 Å². The first-order valence-electron chi connectivity index (χ1n) is 6.33. The van der Waals surface area contributed by atoms with Gasteiger partial charge in [-0.1, -0.05) is 44.0 Å². The average Bonchev–Trinajstić information content (AvgIpc) is 2.38. The van der Waals surface area contributed by atoms with Crippen LogP contribution in [0.2, 0.25) is 0 Å². The van der Waals surface area contributed by atoms with Crippen LogP contribution in [0.15, 0.2) is 39.3 Å². The lowest BCUT2D eigenvalue weighted by atomic mass is 9.93. The molecule has 0 radical (unpaired) electrons. The quantitative estimate of drug-likeness (QED) is 0.739. The van der Waals surface area contributed by atoms with Gasteiger partial charge >= 0.3 is 0 Å². The molecule has 0 amide bonds. The summed E-state index contributed by atoms with van der Waals surface area (Å²) in [6.45, 7) is 4.15. The van der Waals surface area contributed by atoms with Crippen LogP contribution in [0, 0.1) is 19.7 Å². The summed E-state index contributed by atoms with van der Waals surface area (Å²) in [5, 5.41) is 3.31. The lowest BCUT2D eigenvalue weighted by Crippen LogP contribution is -2.19. The lowest BCUT2D eigenvalue weighted by Gasteiger charge is -2.22. The third kappa shape index (κ3) is 3.13. The molecule has 1 atom stereocenters. The smallest absolute Gasteiger partial charge is 0.124 e. The van der Waals surface area contributed by atoms with Gasteiger partial charge in [0.2, 0.25) is 0 Å². The van der Waals surface area contributed by atoms with Crippen molar-refractivity contribution in [2.75, 3.05) is 7.05 Å². The van der Waals surface area contributed by atoms with Crippen molar-refractivity contribution in [3.05, 3.63) is 67.3 Å². The largest absolute Gasteiger partial charge is 0.309 e. The monoisotopic (exact) mass is 399 g/mol. The minimum absolute atomic E-state index is 0.0248. The predicted molar refractivity (Wildman–Crippen MR) is 88.6 cm³/mol. The Morgan fingerprint density at radius 3 is 2.25 bits per heavy atom. The highest BCUT2D eigenvalue weighted by atomic mass is 79.9. The van der Waals surface area contributed by atoms with Crippen molar-refractivity contribution < 1.29 is 4.39 Å². The molecule has 1 unspecified atom stereocenters. The number of aryl methyl sites for hydroxylation is 2. The van der Waals surface area contributed by atoms with E-state index < -0.39 is 0 Å². The molecule has 1 nitrogen and oxygen atoms in total. The summed E-state index contributed by atoms with van der Waals surface area (Å²) in [4.78, 5) is 0. The van der Waals surface area contributed by atoms with E-state index in [1.165, 1.54) is 28.8 Å². The number of rotatable bonds is 3. The van der Waals surface area contributed by atoms with Crippen LogP contribution in [-0.4, -0.2) is 7.05 Å². The number of nitrogens with one attached hydrogen (secondary N) is 1. The Labute approximate surface area is 135 Å². The number of benzene rings is 2. The Morgan fingerprint density at radius 2 is 1.65 bits per heavy atom. The molecule has 0 aliphatic rings. The van der Waals surface area contributed by atoms with Gasteiger partial charge in [-0.15, -0.1) is 0 Å². The van der Waals surface area contributed by atoms with Gasteiger partial charge in [0.25, 0.3) is 0 Å². The van der Waals surface area contributed by atoms with Gasteiger partial charge in [0.1, 0.15) is 5.82 Å². The molecule has 0 spiro atoms. The minimum atomic E-state index is -0.237. The van der Waals surface area contributed by atoms with E-state index in [0.29, 0.717) is 0 Å². The van der Waals surface area contributed by atoms with Gasteiger partial charge in [0.05, 0.1) is 6.04 Å². The van der Waals surface area contributed by atoms with E-state index in [9.17, 15) is 4.39 Å². The topological polar surface area (TPSA) is 12.0 Å². The van der Waals surface area contributed by atoms with E-state index in [4.69, 9.17) is 0 Å². The van der Waals surface area contributed by atoms with Crippen LogP contribution in [0.3, 0.4) is 0 Å². The fraction of sp³-hybridized carbons (Fsp3) is 0.250. The standard InChI is InChI=1S/C16H16Br2FN/c1-9-7-14(17)10(2)6-13(9)16(20-3)12-5-4-11(19)8-15(12)18/h4-8,16,20H,1-3H3. The van der Waals surface area contributed by atoms with Gasteiger partial charge in [-0.25, -0.2) is 4.39 Å². The Hall–Kier alpha value is -0.710. The lowest BCUT2D eigenvalue weighted by molar-refractivity contribution is 0.621. The number of halogens is 3. The molecule has 106 valence electrons. The van der Waals surface area contributed by atoms with E-state index in [1.807, 2.05) is 13.1 Å². The Bertz CT molecular complexity index is 641. The molecule has 0 bridgehead atoms. The van der Waals surface area contributed by atoms with Crippen molar-refractivity contribution in [3.8, 4) is 0 Å². The van der Waals surface area contributed by atoms with Crippen molar-refractivity contribution in [1.29, 1.82) is 0 Å². The summed E-state index contributed by atoms with van der Waals surface area (Å²) in [5.41, 5.74) is 4.60. The van der Waals surface area contributed by atoms with Crippen molar-refractivity contribution in [1.82, 2.24) is 5.32 Å². The molecule has 2 rings (SSSR count). The van der Waals surface area contributed by atoms with Crippen LogP contribution in [0.25, 0.3) is 0 Å². The second-order valence-corrected chi connectivity index (χ2v) is 6.55. The third-order valence-electron chi connectivity index (χ3n) is 3.42. The second kappa shape index (κ2) is 6.37. The third-order valence-corrected chi connectivity index (χ3v) is 4.96. The predicted octanol–water partition coefficient (Wildman–Crippen LogP) is 5.28. The molecule has 2 aromatic rings. The molecule has 0 saturated heterocycles. The molecule has 2 aromatic carbocycles. The summed E-state index contributed by atoms with van der Waals surface area (Å²) in [6.07, 6.45) is 0. The first kappa shape index (κ1) is 15.7. The number of hydrogen-bond acceptors (Lipinski definition) is 1. The van der Waals surface area contributed by atoms with Crippen LogP contribution in [-0.2, 0) is 0 Å². The normalized spacial score (nSPS) is 12.5. The maximum atomic E-state index is 13.3. The Morgan fingerprint density at radius 1 is 0.950 bits per heavy atom. The van der Waals surface area contributed by atoms with Gasteiger partial charge in [-0.2, -0.15) is 0 Å². The molecule has 0 fully saturated rings. The molecule has 0 saturated carbocycles. The Kier molecular flexibility index (Phi) is 4.99. The minimum Gasteiger partial charge on any atom is -0.309 e. The SMILES string of the molecule is CNC(c1cc(C)c(Br)cc1C)c1ccc(F)cc1Br. The van der Waals surface area contributed by atoms with Crippen LogP contribution < -0.4 is 5.32 Å². The van der Waals surface area contributed by atoms with Crippen LogP contribution in [0.5, 0.6) is 0 Å². The van der Waals surface area contributed by atoms with E-state index in [-0.39, 0.29) is 11.9 Å². The van der Waals surface area contributed by atoms with E-state index >= 15 is 0 Å². The van der Waals surface area contributed by atoms with Crippen LogP contribution >= 0.6 is 31.9 Å². The summed E-state index contributed by atoms with van der Waals surface area (Å²) in [7, 11) is 1.91. The average molecular weight is 401 g/mol. The maximum absolute atomic E-state index is 13.3. The van der Waals surface area contributed by atoms with E-state index in [0.717, 1.165) is 14.5 Å². The van der Waals surface area contributed by atoms with Gasteiger partial charge in [0.15, 0.2) is 0 Å². The molecular formula is C16H16Br2FN. The highest BCUT2D eigenvalue weighted by molar-refractivity contribution is 9.10. The molecular weight excluding hydrogens is 385 g/mol. The molecule has 0 aliphatic carbocycles. The fourth-order valence-corrected chi connectivity index (χ4v) is 3.37. The van der Waals surface area contributed by atoms with Crippen molar-refractivity contribution in [3.63, 3.8) is 0 Å². The molecule has 4 heteroatoms. The summed E-state index contributed by atoms with van der Waals surface area (Å²) >= 11 is 7.01. The van der Waals surface area contributed by atoms with Gasteiger partial charge in [-0.05, 0) is 61.3 Å². The summed E-state index contributed by atoms with van der Waals surface area (Å²) < 4.78 is 15.1. The highest BCUT2D eigenvalue weighted by Crippen LogP contribution is 2.33. The zero-order chi connectivity index (χ0) is 14.9. The van der Waals surface area contributed by atoms with Crippen LogP contribution in [0.4, 0.5) is 4.39 Å². The Balaban J connectivity index is 2.55. The van der Waals surface area contributed by atoms with E-state index in [2.05, 4.69) is 63.2 Å². The molecule has 0 aromatic heterocycles. The zero-order valence-electron chi connectivity index (χ0n) is 11.6. The number of hydrogen-bond donors (Lipinski definition) is 1. The first-order valence-corrected chi connectivity index (χ1v) is 7.91.